The van der Waals surface area contributed by atoms with Crippen LogP contribution in [0.2, 0.25) is 10.0 Å². The second-order valence-corrected chi connectivity index (χ2v) is 8.50. The normalized spacial score (nSPS) is 15.3. The van der Waals surface area contributed by atoms with Crippen LogP contribution in [0.3, 0.4) is 0 Å². The molecule has 8 heteroatoms. The van der Waals surface area contributed by atoms with E-state index in [-0.39, 0.29) is 10.5 Å². The molecule has 0 saturated carbocycles. The van der Waals surface area contributed by atoms with E-state index in [1.54, 1.807) is 24.3 Å². The van der Waals surface area contributed by atoms with E-state index in [4.69, 9.17) is 23.2 Å². The van der Waals surface area contributed by atoms with Crippen molar-refractivity contribution in [3.05, 3.63) is 58.1 Å². The van der Waals surface area contributed by atoms with Gasteiger partial charge in [-0.1, -0.05) is 29.3 Å². The third kappa shape index (κ3) is 3.98. The molecule has 2 aromatic carbocycles. The smallest absolute Gasteiger partial charge is 0.255 e. The molecule has 5 nitrogen and oxygen atoms in total. The molecule has 2 aromatic rings. The van der Waals surface area contributed by atoms with Crippen LogP contribution in [0.4, 0.5) is 5.69 Å². The number of carbonyl (C=O) groups excluding carboxylic acids is 1. The maximum absolute atomic E-state index is 12.6. The van der Waals surface area contributed by atoms with Crippen LogP contribution in [0.25, 0.3) is 0 Å². The van der Waals surface area contributed by atoms with Crippen molar-refractivity contribution in [2.45, 2.75) is 17.7 Å². The molecule has 0 aromatic heterocycles. The topological polar surface area (TPSA) is 66.5 Å². The van der Waals surface area contributed by atoms with Crippen LogP contribution < -0.4 is 5.32 Å². The van der Waals surface area contributed by atoms with Gasteiger partial charge in [0.2, 0.25) is 10.0 Å². The number of halogens is 2. The lowest BCUT2D eigenvalue weighted by Gasteiger charge is -2.16. The molecule has 0 spiro atoms. The second-order valence-electron chi connectivity index (χ2n) is 5.72. The summed E-state index contributed by atoms with van der Waals surface area (Å²) in [6.45, 7) is 1.03. The van der Waals surface area contributed by atoms with E-state index < -0.39 is 15.9 Å². The predicted molar refractivity (Wildman–Crippen MR) is 98.9 cm³/mol. The van der Waals surface area contributed by atoms with Crippen molar-refractivity contribution in [3.8, 4) is 0 Å². The monoisotopic (exact) mass is 398 g/mol. The fourth-order valence-corrected chi connectivity index (χ4v) is 4.68. The van der Waals surface area contributed by atoms with Crippen LogP contribution in [-0.2, 0) is 10.0 Å². The molecule has 0 radical (unpaired) electrons. The number of carbonyl (C=O) groups is 1. The van der Waals surface area contributed by atoms with Crippen LogP contribution in [0.1, 0.15) is 23.2 Å². The van der Waals surface area contributed by atoms with E-state index in [1.165, 1.54) is 22.5 Å². The maximum Gasteiger partial charge on any atom is 0.255 e. The Kier molecular flexibility index (Phi) is 5.34. The molecule has 3 rings (SSSR count). The molecule has 1 aliphatic rings. The molecule has 0 aliphatic carbocycles. The number of sulfonamides is 1. The van der Waals surface area contributed by atoms with Crippen molar-refractivity contribution in [3.63, 3.8) is 0 Å². The maximum atomic E-state index is 12.6. The molecule has 0 bridgehead atoms. The van der Waals surface area contributed by atoms with Crippen molar-refractivity contribution < 1.29 is 13.2 Å². The molecule has 1 saturated heterocycles. The summed E-state index contributed by atoms with van der Waals surface area (Å²) < 4.78 is 26.7. The Morgan fingerprint density at radius 1 is 1.04 bits per heavy atom. The number of rotatable bonds is 4. The zero-order valence-electron chi connectivity index (χ0n) is 13.2. The van der Waals surface area contributed by atoms with Crippen molar-refractivity contribution >= 4 is 44.8 Å². The Balaban J connectivity index is 1.84. The lowest BCUT2D eigenvalue weighted by Crippen LogP contribution is -2.28. The van der Waals surface area contributed by atoms with Gasteiger partial charge in [0.25, 0.3) is 5.91 Å². The first-order chi connectivity index (χ1) is 11.9. The molecular formula is C17H16Cl2N2O3S. The molecule has 0 atom stereocenters. The minimum atomic E-state index is -3.57. The lowest BCUT2D eigenvalue weighted by atomic mass is 10.2. The quantitative estimate of drug-likeness (QED) is 0.844. The lowest BCUT2D eigenvalue weighted by molar-refractivity contribution is 0.102. The van der Waals surface area contributed by atoms with Gasteiger partial charge < -0.3 is 5.32 Å². The molecule has 1 aliphatic heterocycles. The number of amides is 1. The Morgan fingerprint density at radius 3 is 2.44 bits per heavy atom. The van der Waals surface area contributed by atoms with E-state index in [9.17, 15) is 13.2 Å². The van der Waals surface area contributed by atoms with Gasteiger partial charge in [-0.05, 0) is 49.2 Å². The van der Waals surface area contributed by atoms with Crippen LogP contribution in [0.5, 0.6) is 0 Å². The Morgan fingerprint density at radius 2 is 1.76 bits per heavy atom. The predicted octanol–water partition coefficient (Wildman–Crippen LogP) is 4.03. The molecule has 1 N–H and O–H groups in total. The van der Waals surface area contributed by atoms with Crippen LogP contribution in [-0.4, -0.2) is 31.7 Å². The highest BCUT2D eigenvalue weighted by atomic mass is 35.5. The Bertz CT molecular complexity index is 910. The number of nitrogens with one attached hydrogen (secondary N) is 1. The van der Waals surface area contributed by atoms with Gasteiger partial charge in [0.15, 0.2) is 0 Å². The summed E-state index contributed by atoms with van der Waals surface area (Å²) in [5, 5.41) is 3.43. The zero-order valence-corrected chi connectivity index (χ0v) is 15.5. The van der Waals surface area contributed by atoms with Crippen LogP contribution >= 0.6 is 23.2 Å². The first kappa shape index (κ1) is 18.2. The molecular weight excluding hydrogens is 383 g/mol. The third-order valence-corrected chi connectivity index (χ3v) is 6.42. The van der Waals surface area contributed by atoms with Gasteiger partial charge in [0, 0.05) is 23.7 Å². The van der Waals surface area contributed by atoms with Gasteiger partial charge in [0.1, 0.15) is 0 Å². The molecule has 25 heavy (non-hydrogen) atoms. The minimum Gasteiger partial charge on any atom is -0.321 e. The van der Waals surface area contributed by atoms with Crippen molar-refractivity contribution in [2.75, 3.05) is 18.4 Å². The fourth-order valence-electron chi connectivity index (χ4n) is 2.66. The summed E-state index contributed by atoms with van der Waals surface area (Å²) >= 11 is 11.9. The number of anilines is 1. The average molecular weight is 399 g/mol. The summed E-state index contributed by atoms with van der Waals surface area (Å²) in [6.07, 6.45) is 1.71. The molecule has 132 valence electrons. The average Bonchev–Trinajstić information content (AvgIpc) is 3.13. The van der Waals surface area contributed by atoms with E-state index in [0.29, 0.717) is 28.8 Å². The fraction of sp³-hybridized carbons (Fsp3) is 0.235. The summed E-state index contributed by atoms with van der Waals surface area (Å²) in [6, 6.07) is 10.7. The molecule has 1 heterocycles. The minimum absolute atomic E-state index is 0.115. The highest BCUT2D eigenvalue weighted by Crippen LogP contribution is 2.26. The number of hydrogen-bond acceptors (Lipinski definition) is 3. The van der Waals surface area contributed by atoms with Gasteiger partial charge in [-0.2, -0.15) is 4.31 Å². The highest BCUT2D eigenvalue weighted by molar-refractivity contribution is 7.89. The summed E-state index contributed by atoms with van der Waals surface area (Å²) in [7, 11) is -3.57. The van der Waals surface area contributed by atoms with Gasteiger partial charge in [-0.15, -0.1) is 0 Å². The van der Waals surface area contributed by atoms with E-state index >= 15 is 0 Å². The Hall–Kier alpha value is -1.60. The first-order valence-corrected chi connectivity index (χ1v) is 9.94. The van der Waals surface area contributed by atoms with Crippen LogP contribution in [0, 0.1) is 0 Å². The van der Waals surface area contributed by atoms with Crippen LogP contribution in [0.15, 0.2) is 47.4 Å². The number of benzene rings is 2. The molecule has 1 fully saturated rings. The second kappa shape index (κ2) is 7.33. The van der Waals surface area contributed by atoms with Gasteiger partial charge >= 0.3 is 0 Å². The number of nitrogens with zero attached hydrogens (tertiary/aromatic N) is 1. The zero-order chi connectivity index (χ0) is 18.0. The summed E-state index contributed by atoms with van der Waals surface area (Å²) in [4.78, 5) is 12.6. The first-order valence-electron chi connectivity index (χ1n) is 7.74. The van der Waals surface area contributed by atoms with E-state index in [0.717, 1.165) is 12.8 Å². The third-order valence-electron chi connectivity index (χ3n) is 3.98. The summed E-state index contributed by atoms with van der Waals surface area (Å²) in [5.41, 5.74) is 0.648. The van der Waals surface area contributed by atoms with Crippen molar-refractivity contribution in [1.29, 1.82) is 0 Å². The highest BCUT2D eigenvalue weighted by Gasteiger charge is 2.27. The molecule has 0 unspecified atom stereocenters. The van der Waals surface area contributed by atoms with Gasteiger partial charge in [-0.25, -0.2) is 8.42 Å². The number of hydrogen-bond donors (Lipinski definition) is 1. The standard InChI is InChI=1S/C17H16Cl2N2O3S/c18-13-6-7-16(15(19)11-13)20-17(22)12-4-3-5-14(10-12)25(23,24)21-8-1-2-9-21/h3-7,10-11H,1-2,8-9H2,(H,20,22). The van der Waals surface area contributed by atoms with E-state index in [1.807, 2.05) is 0 Å². The Labute approximate surface area is 156 Å². The van der Waals surface area contributed by atoms with Gasteiger partial charge in [0.05, 0.1) is 15.6 Å². The summed E-state index contributed by atoms with van der Waals surface area (Å²) in [5.74, 6) is -0.442. The van der Waals surface area contributed by atoms with Crippen molar-refractivity contribution in [2.24, 2.45) is 0 Å². The molecule has 1 amide bonds. The van der Waals surface area contributed by atoms with Gasteiger partial charge in [-0.3, -0.25) is 4.79 Å². The van der Waals surface area contributed by atoms with Crippen molar-refractivity contribution in [1.82, 2.24) is 4.31 Å². The van der Waals surface area contributed by atoms with E-state index in [2.05, 4.69) is 5.32 Å². The SMILES string of the molecule is O=C(Nc1ccc(Cl)cc1Cl)c1cccc(S(=O)(=O)N2CCCC2)c1. The largest absolute Gasteiger partial charge is 0.321 e.